The minimum absolute atomic E-state index is 0.141. The third kappa shape index (κ3) is 3.78. The lowest BCUT2D eigenvalue weighted by atomic mass is 10.4. The van der Waals surface area contributed by atoms with Crippen LogP contribution in [-0.2, 0) is 17.9 Å². The number of nitrogens with two attached hydrogens (primary N) is 1. The fourth-order valence-corrected chi connectivity index (χ4v) is 1.14. The zero-order chi connectivity index (χ0) is 11.5. The maximum atomic E-state index is 11.8. The largest absolute Gasteiger partial charge is 0.411 e. The van der Waals surface area contributed by atoms with Gasteiger partial charge in [0.1, 0.15) is 12.4 Å². The van der Waals surface area contributed by atoms with E-state index in [2.05, 4.69) is 9.84 Å². The summed E-state index contributed by atoms with van der Waals surface area (Å²) in [7, 11) is 0. The number of anilines is 1. The molecule has 1 aromatic rings. The molecule has 1 rings (SSSR count). The van der Waals surface area contributed by atoms with E-state index in [1.807, 2.05) is 6.92 Å². The van der Waals surface area contributed by atoms with Gasteiger partial charge in [-0.05, 0) is 6.92 Å². The van der Waals surface area contributed by atoms with E-state index in [-0.39, 0.29) is 12.4 Å². The van der Waals surface area contributed by atoms with E-state index < -0.39 is 12.8 Å². The normalized spacial score (nSPS) is 12.0. The molecular weight excluding hydrogens is 211 g/mol. The molecule has 0 unspecified atom stereocenters. The average molecular weight is 223 g/mol. The number of rotatable bonds is 4. The van der Waals surface area contributed by atoms with Crippen molar-refractivity contribution in [3.05, 3.63) is 11.8 Å². The van der Waals surface area contributed by atoms with Crippen molar-refractivity contribution < 1.29 is 17.9 Å². The summed E-state index contributed by atoms with van der Waals surface area (Å²) >= 11 is 0. The predicted molar refractivity (Wildman–Crippen MR) is 48.0 cm³/mol. The minimum atomic E-state index is -4.30. The molecular formula is C8H12F3N3O. The summed E-state index contributed by atoms with van der Waals surface area (Å²) in [4.78, 5) is 0. The molecule has 0 bridgehead atoms. The SMILES string of the molecule is CCn1nc(N)cc1COCC(F)(F)F. The molecule has 1 heterocycles. The quantitative estimate of drug-likeness (QED) is 0.842. The Kier molecular flexibility index (Phi) is 3.57. The van der Waals surface area contributed by atoms with E-state index in [1.54, 1.807) is 0 Å². The number of nitrogens with zero attached hydrogens (tertiary/aromatic N) is 2. The summed E-state index contributed by atoms with van der Waals surface area (Å²) in [6.07, 6.45) is -4.30. The van der Waals surface area contributed by atoms with Crippen LogP contribution in [0.3, 0.4) is 0 Å². The minimum Gasteiger partial charge on any atom is -0.382 e. The molecule has 15 heavy (non-hydrogen) atoms. The van der Waals surface area contributed by atoms with Gasteiger partial charge in [-0.25, -0.2) is 0 Å². The Morgan fingerprint density at radius 1 is 1.53 bits per heavy atom. The lowest BCUT2D eigenvalue weighted by molar-refractivity contribution is -0.177. The van der Waals surface area contributed by atoms with Crippen LogP contribution in [0.2, 0.25) is 0 Å². The Morgan fingerprint density at radius 2 is 2.20 bits per heavy atom. The summed E-state index contributed by atoms with van der Waals surface area (Å²) in [5.41, 5.74) is 5.94. The number of nitrogen functional groups attached to an aromatic ring is 1. The van der Waals surface area contributed by atoms with Crippen LogP contribution < -0.4 is 5.73 Å². The molecule has 0 aliphatic heterocycles. The van der Waals surface area contributed by atoms with Crippen molar-refractivity contribution in [2.24, 2.45) is 0 Å². The van der Waals surface area contributed by atoms with Gasteiger partial charge in [0, 0.05) is 12.6 Å². The number of hydrogen-bond donors (Lipinski definition) is 1. The van der Waals surface area contributed by atoms with E-state index in [0.717, 1.165) is 0 Å². The van der Waals surface area contributed by atoms with Crippen molar-refractivity contribution in [2.75, 3.05) is 12.3 Å². The monoisotopic (exact) mass is 223 g/mol. The lowest BCUT2D eigenvalue weighted by Crippen LogP contribution is -2.17. The van der Waals surface area contributed by atoms with E-state index in [9.17, 15) is 13.2 Å². The highest BCUT2D eigenvalue weighted by atomic mass is 19.4. The van der Waals surface area contributed by atoms with Crippen LogP contribution in [0.1, 0.15) is 12.6 Å². The molecule has 0 aliphatic rings. The molecule has 0 spiro atoms. The van der Waals surface area contributed by atoms with Gasteiger partial charge in [0.05, 0.1) is 12.3 Å². The molecule has 0 aromatic carbocycles. The fourth-order valence-electron chi connectivity index (χ4n) is 1.14. The number of ether oxygens (including phenoxy) is 1. The van der Waals surface area contributed by atoms with Crippen LogP contribution in [0.25, 0.3) is 0 Å². The van der Waals surface area contributed by atoms with Gasteiger partial charge in [-0.2, -0.15) is 18.3 Å². The highest BCUT2D eigenvalue weighted by Gasteiger charge is 2.27. The summed E-state index contributed by atoms with van der Waals surface area (Å²) in [5.74, 6) is 0.280. The molecule has 86 valence electrons. The molecule has 7 heteroatoms. The van der Waals surface area contributed by atoms with Crippen LogP contribution in [0.5, 0.6) is 0 Å². The van der Waals surface area contributed by atoms with Gasteiger partial charge in [-0.1, -0.05) is 0 Å². The van der Waals surface area contributed by atoms with Gasteiger partial charge in [-0.3, -0.25) is 4.68 Å². The third-order valence-corrected chi connectivity index (χ3v) is 1.70. The van der Waals surface area contributed by atoms with Gasteiger partial charge in [0.2, 0.25) is 0 Å². The molecule has 0 saturated carbocycles. The van der Waals surface area contributed by atoms with E-state index >= 15 is 0 Å². The van der Waals surface area contributed by atoms with Crippen molar-refractivity contribution in [1.82, 2.24) is 9.78 Å². The molecule has 0 aliphatic carbocycles. The Labute approximate surface area is 84.8 Å². The Hall–Kier alpha value is -1.24. The first-order valence-corrected chi connectivity index (χ1v) is 4.39. The second-order valence-electron chi connectivity index (χ2n) is 2.98. The summed E-state index contributed by atoms with van der Waals surface area (Å²) in [6.45, 7) is 0.959. The molecule has 0 amide bonds. The molecule has 0 saturated heterocycles. The molecule has 4 nitrogen and oxygen atoms in total. The van der Waals surface area contributed by atoms with E-state index in [4.69, 9.17) is 5.73 Å². The first kappa shape index (κ1) is 11.8. The smallest absolute Gasteiger partial charge is 0.382 e. The number of halogens is 3. The molecule has 0 atom stereocenters. The molecule has 2 N–H and O–H groups in total. The first-order chi connectivity index (χ1) is 6.92. The van der Waals surface area contributed by atoms with E-state index in [0.29, 0.717) is 12.2 Å². The fraction of sp³-hybridized carbons (Fsp3) is 0.625. The maximum Gasteiger partial charge on any atom is 0.411 e. The molecule has 0 fully saturated rings. The highest BCUT2D eigenvalue weighted by Crippen LogP contribution is 2.16. The van der Waals surface area contributed by atoms with Crippen molar-refractivity contribution >= 4 is 5.82 Å². The zero-order valence-electron chi connectivity index (χ0n) is 8.21. The zero-order valence-corrected chi connectivity index (χ0v) is 8.21. The number of alkyl halides is 3. The van der Waals surface area contributed by atoms with Crippen molar-refractivity contribution in [2.45, 2.75) is 26.3 Å². The second kappa shape index (κ2) is 4.52. The first-order valence-electron chi connectivity index (χ1n) is 4.39. The van der Waals surface area contributed by atoms with Crippen LogP contribution in [0, 0.1) is 0 Å². The number of aromatic nitrogens is 2. The van der Waals surface area contributed by atoms with E-state index in [1.165, 1.54) is 10.7 Å². The van der Waals surface area contributed by atoms with Gasteiger partial charge < -0.3 is 10.5 Å². The topological polar surface area (TPSA) is 53.1 Å². The number of aryl methyl sites for hydroxylation is 1. The predicted octanol–water partition coefficient (Wildman–Crippen LogP) is 1.56. The van der Waals surface area contributed by atoms with Gasteiger partial charge >= 0.3 is 6.18 Å². The van der Waals surface area contributed by atoms with Crippen LogP contribution >= 0.6 is 0 Å². The lowest BCUT2D eigenvalue weighted by Gasteiger charge is -2.08. The Balaban J connectivity index is 2.50. The van der Waals surface area contributed by atoms with Crippen molar-refractivity contribution in [3.8, 4) is 0 Å². The summed E-state index contributed by atoms with van der Waals surface area (Å²) < 4.78 is 41.3. The summed E-state index contributed by atoms with van der Waals surface area (Å²) in [5, 5.41) is 3.88. The van der Waals surface area contributed by atoms with Crippen LogP contribution in [0.4, 0.5) is 19.0 Å². The highest BCUT2D eigenvalue weighted by molar-refractivity contribution is 5.29. The van der Waals surface area contributed by atoms with Crippen LogP contribution in [0.15, 0.2) is 6.07 Å². The maximum absolute atomic E-state index is 11.8. The van der Waals surface area contributed by atoms with Crippen molar-refractivity contribution in [3.63, 3.8) is 0 Å². The Morgan fingerprint density at radius 3 is 2.73 bits per heavy atom. The summed E-state index contributed by atoms with van der Waals surface area (Å²) in [6, 6.07) is 1.50. The second-order valence-corrected chi connectivity index (χ2v) is 2.98. The number of hydrogen-bond acceptors (Lipinski definition) is 3. The third-order valence-electron chi connectivity index (χ3n) is 1.70. The standard InChI is InChI=1S/C8H12F3N3O/c1-2-14-6(3-7(12)13-14)4-15-5-8(9,10)11/h3H,2,4-5H2,1H3,(H2,12,13). The van der Waals surface area contributed by atoms with Gasteiger partial charge in [0.15, 0.2) is 0 Å². The van der Waals surface area contributed by atoms with Crippen molar-refractivity contribution in [1.29, 1.82) is 0 Å². The van der Waals surface area contributed by atoms with Gasteiger partial charge in [0.25, 0.3) is 0 Å². The molecule has 1 aromatic heterocycles. The van der Waals surface area contributed by atoms with Crippen LogP contribution in [-0.4, -0.2) is 22.6 Å². The molecule has 0 radical (unpaired) electrons. The average Bonchev–Trinajstić information content (AvgIpc) is 2.44. The Bertz CT molecular complexity index is 321. The van der Waals surface area contributed by atoms with Gasteiger partial charge in [-0.15, -0.1) is 0 Å².